The molecule has 0 spiro atoms. The Morgan fingerprint density at radius 2 is 1.81 bits per heavy atom. The standard InChI is InChI=1S/C16H15NO4/c1-21-10-14(19)17-12-8-5-9-13(18)15(12)16(20)11-6-3-2-4-7-11/h2-9,18H,10H2,1H3,(H,17,19). The third kappa shape index (κ3) is 3.46. The number of anilines is 1. The number of ketones is 1. The third-order valence-corrected chi connectivity index (χ3v) is 2.86. The molecule has 0 aliphatic rings. The fourth-order valence-corrected chi connectivity index (χ4v) is 1.93. The molecule has 21 heavy (non-hydrogen) atoms. The molecule has 5 nitrogen and oxygen atoms in total. The molecule has 0 bridgehead atoms. The summed E-state index contributed by atoms with van der Waals surface area (Å²) in [5.41, 5.74) is 0.750. The summed E-state index contributed by atoms with van der Waals surface area (Å²) in [5.74, 6) is -0.939. The van der Waals surface area contributed by atoms with Crippen LogP contribution in [-0.2, 0) is 9.53 Å². The number of phenolic OH excluding ortho intramolecular Hbond substituents is 1. The predicted octanol–water partition coefficient (Wildman–Crippen LogP) is 2.21. The Morgan fingerprint density at radius 1 is 1.10 bits per heavy atom. The first-order valence-electron chi connectivity index (χ1n) is 6.34. The number of carbonyl (C=O) groups excluding carboxylic acids is 2. The van der Waals surface area contributed by atoms with Gasteiger partial charge in [-0.05, 0) is 12.1 Å². The summed E-state index contributed by atoms with van der Waals surface area (Å²) in [6.07, 6.45) is 0. The second-order valence-electron chi connectivity index (χ2n) is 4.38. The molecule has 0 radical (unpaired) electrons. The van der Waals surface area contributed by atoms with Crippen LogP contribution in [0.1, 0.15) is 15.9 Å². The van der Waals surface area contributed by atoms with Crippen molar-refractivity contribution < 1.29 is 19.4 Å². The van der Waals surface area contributed by atoms with Gasteiger partial charge in [-0.25, -0.2) is 0 Å². The molecule has 0 fully saturated rings. The number of benzene rings is 2. The quantitative estimate of drug-likeness (QED) is 0.826. The molecular formula is C16H15NO4. The van der Waals surface area contributed by atoms with E-state index in [9.17, 15) is 14.7 Å². The molecule has 1 amide bonds. The monoisotopic (exact) mass is 285 g/mol. The van der Waals surface area contributed by atoms with Gasteiger partial charge in [0.15, 0.2) is 5.78 Å². The van der Waals surface area contributed by atoms with Gasteiger partial charge in [-0.2, -0.15) is 0 Å². The van der Waals surface area contributed by atoms with Crippen LogP contribution in [-0.4, -0.2) is 30.5 Å². The third-order valence-electron chi connectivity index (χ3n) is 2.86. The highest BCUT2D eigenvalue weighted by molar-refractivity contribution is 6.15. The molecular weight excluding hydrogens is 270 g/mol. The molecule has 5 heteroatoms. The van der Waals surface area contributed by atoms with Gasteiger partial charge in [0.2, 0.25) is 5.91 Å². The van der Waals surface area contributed by atoms with Gasteiger partial charge in [-0.15, -0.1) is 0 Å². The Kier molecular flexibility index (Phi) is 4.68. The van der Waals surface area contributed by atoms with Crippen LogP contribution in [0, 0.1) is 0 Å². The summed E-state index contributed by atoms with van der Waals surface area (Å²) in [6.45, 7) is -0.130. The molecule has 108 valence electrons. The largest absolute Gasteiger partial charge is 0.507 e. The van der Waals surface area contributed by atoms with E-state index in [-0.39, 0.29) is 29.4 Å². The zero-order valence-electron chi connectivity index (χ0n) is 11.5. The number of ether oxygens (including phenoxy) is 1. The van der Waals surface area contributed by atoms with E-state index in [1.54, 1.807) is 42.5 Å². The van der Waals surface area contributed by atoms with Crippen molar-refractivity contribution in [2.75, 3.05) is 19.0 Å². The first kappa shape index (κ1) is 14.7. The number of rotatable bonds is 5. The number of nitrogens with one attached hydrogen (secondary N) is 1. The second kappa shape index (κ2) is 6.67. The lowest BCUT2D eigenvalue weighted by molar-refractivity contribution is -0.119. The molecule has 2 N–H and O–H groups in total. The van der Waals surface area contributed by atoms with Crippen molar-refractivity contribution in [1.82, 2.24) is 0 Å². The maximum atomic E-state index is 12.5. The van der Waals surface area contributed by atoms with E-state index in [4.69, 9.17) is 4.74 Å². The molecule has 2 aromatic carbocycles. The van der Waals surface area contributed by atoms with Crippen LogP contribution >= 0.6 is 0 Å². The van der Waals surface area contributed by atoms with E-state index < -0.39 is 5.91 Å². The Labute approximate surface area is 122 Å². The zero-order chi connectivity index (χ0) is 15.2. The van der Waals surface area contributed by atoms with E-state index in [2.05, 4.69) is 5.32 Å². The predicted molar refractivity (Wildman–Crippen MR) is 78.5 cm³/mol. The lowest BCUT2D eigenvalue weighted by Crippen LogP contribution is -2.19. The first-order chi connectivity index (χ1) is 10.1. The van der Waals surface area contributed by atoms with Crippen LogP contribution in [0.5, 0.6) is 5.75 Å². The number of phenols is 1. The van der Waals surface area contributed by atoms with E-state index in [0.717, 1.165) is 0 Å². The van der Waals surface area contributed by atoms with Crippen LogP contribution in [0.3, 0.4) is 0 Å². The van der Waals surface area contributed by atoms with E-state index in [0.29, 0.717) is 5.56 Å². The van der Waals surface area contributed by atoms with Crippen molar-refractivity contribution in [2.45, 2.75) is 0 Å². The highest BCUT2D eigenvalue weighted by Crippen LogP contribution is 2.28. The molecule has 0 aliphatic carbocycles. The van der Waals surface area contributed by atoms with Crippen LogP contribution in [0.25, 0.3) is 0 Å². The number of carbonyl (C=O) groups is 2. The smallest absolute Gasteiger partial charge is 0.250 e. The lowest BCUT2D eigenvalue weighted by atomic mass is 10.0. The summed E-state index contributed by atoms with van der Waals surface area (Å²) >= 11 is 0. The van der Waals surface area contributed by atoms with E-state index >= 15 is 0 Å². The van der Waals surface area contributed by atoms with Gasteiger partial charge in [0.05, 0.1) is 11.3 Å². The topological polar surface area (TPSA) is 75.6 Å². The normalized spacial score (nSPS) is 10.1. The van der Waals surface area contributed by atoms with Crippen molar-refractivity contribution >= 4 is 17.4 Å². The summed E-state index contributed by atoms with van der Waals surface area (Å²) in [7, 11) is 1.40. The number of hydrogen-bond donors (Lipinski definition) is 2. The molecule has 0 heterocycles. The Balaban J connectivity index is 2.38. The molecule has 0 saturated carbocycles. The number of amides is 1. The molecule has 2 aromatic rings. The second-order valence-corrected chi connectivity index (χ2v) is 4.38. The van der Waals surface area contributed by atoms with Gasteiger partial charge in [0, 0.05) is 12.7 Å². The SMILES string of the molecule is COCC(=O)Nc1cccc(O)c1C(=O)c1ccccc1. The maximum absolute atomic E-state index is 12.5. The molecule has 0 unspecified atom stereocenters. The minimum Gasteiger partial charge on any atom is -0.507 e. The van der Waals surface area contributed by atoms with Crippen molar-refractivity contribution in [1.29, 1.82) is 0 Å². The van der Waals surface area contributed by atoms with Crippen molar-refractivity contribution in [2.24, 2.45) is 0 Å². The van der Waals surface area contributed by atoms with Crippen molar-refractivity contribution in [3.8, 4) is 5.75 Å². The minimum absolute atomic E-state index is 0.0631. The highest BCUT2D eigenvalue weighted by Gasteiger charge is 2.19. The van der Waals surface area contributed by atoms with Crippen LogP contribution in [0.15, 0.2) is 48.5 Å². The summed E-state index contributed by atoms with van der Waals surface area (Å²) in [6, 6.07) is 13.1. The van der Waals surface area contributed by atoms with Crippen LogP contribution < -0.4 is 5.32 Å². The fraction of sp³-hybridized carbons (Fsp3) is 0.125. The Morgan fingerprint density at radius 3 is 2.48 bits per heavy atom. The minimum atomic E-state index is -0.398. The van der Waals surface area contributed by atoms with Gasteiger partial charge in [0.1, 0.15) is 12.4 Å². The zero-order valence-corrected chi connectivity index (χ0v) is 11.5. The van der Waals surface area contributed by atoms with Gasteiger partial charge < -0.3 is 15.2 Å². The number of methoxy groups -OCH3 is 1. The van der Waals surface area contributed by atoms with Gasteiger partial charge in [-0.3, -0.25) is 9.59 Å². The van der Waals surface area contributed by atoms with Crippen molar-refractivity contribution in [3.05, 3.63) is 59.7 Å². The number of aromatic hydroxyl groups is 1. The first-order valence-corrected chi connectivity index (χ1v) is 6.34. The molecule has 0 aromatic heterocycles. The van der Waals surface area contributed by atoms with Crippen molar-refractivity contribution in [3.63, 3.8) is 0 Å². The maximum Gasteiger partial charge on any atom is 0.250 e. The summed E-state index contributed by atoms with van der Waals surface area (Å²) in [4.78, 5) is 24.1. The Hall–Kier alpha value is -2.66. The average Bonchev–Trinajstić information content (AvgIpc) is 2.48. The van der Waals surface area contributed by atoms with Gasteiger partial charge >= 0.3 is 0 Å². The van der Waals surface area contributed by atoms with Crippen LogP contribution in [0.4, 0.5) is 5.69 Å². The molecule has 0 saturated heterocycles. The van der Waals surface area contributed by atoms with Gasteiger partial charge in [0.25, 0.3) is 0 Å². The molecule has 0 atom stereocenters. The van der Waals surface area contributed by atoms with Crippen LogP contribution in [0.2, 0.25) is 0 Å². The summed E-state index contributed by atoms with van der Waals surface area (Å²) < 4.78 is 4.73. The average molecular weight is 285 g/mol. The molecule has 0 aliphatic heterocycles. The van der Waals surface area contributed by atoms with E-state index in [1.807, 2.05) is 0 Å². The van der Waals surface area contributed by atoms with E-state index in [1.165, 1.54) is 13.2 Å². The molecule has 2 rings (SSSR count). The lowest BCUT2D eigenvalue weighted by Gasteiger charge is -2.11. The Bertz CT molecular complexity index is 653. The van der Waals surface area contributed by atoms with Gasteiger partial charge in [-0.1, -0.05) is 36.4 Å². The summed E-state index contributed by atoms with van der Waals surface area (Å²) in [5, 5.41) is 12.5. The fourth-order valence-electron chi connectivity index (χ4n) is 1.93. The number of hydrogen-bond acceptors (Lipinski definition) is 4. The highest BCUT2D eigenvalue weighted by atomic mass is 16.5.